The summed E-state index contributed by atoms with van der Waals surface area (Å²) in [6.07, 6.45) is 11.3. The van der Waals surface area contributed by atoms with Crippen molar-refractivity contribution in [1.82, 2.24) is 29.4 Å². The van der Waals surface area contributed by atoms with Crippen molar-refractivity contribution in [2.75, 3.05) is 7.11 Å². The van der Waals surface area contributed by atoms with Crippen molar-refractivity contribution < 1.29 is 9.84 Å². The van der Waals surface area contributed by atoms with Crippen LogP contribution in [-0.4, -0.2) is 47.7 Å². The molecule has 5 rings (SSSR count). The van der Waals surface area contributed by atoms with Gasteiger partial charge in [0, 0.05) is 43.0 Å². The summed E-state index contributed by atoms with van der Waals surface area (Å²) in [6.45, 7) is -0.150. The number of pyridine rings is 1. The fourth-order valence-electron chi connectivity index (χ4n) is 4.32. The van der Waals surface area contributed by atoms with Crippen molar-refractivity contribution in [2.45, 2.75) is 37.5 Å². The molecule has 0 bridgehead atoms. The second kappa shape index (κ2) is 7.09. The van der Waals surface area contributed by atoms with Crippen molar-refractivity contribution in [3.63, 3.8) is 0 Å². The maximum absolute atomic E-state index is 9.59. The standard InChI is InChI=1S/C21H21N7O2/c1-30-16-8-21(9-16,2-3-22)28-12-15(10-25-28)19-6-14(7-20-23-4-5-27(19)20)17-11-24-26-18(17)13-29/h4-7,10-12,16,29H,2,8-9,13H2,1H3,(H,24,26)/t16-,21+. The predicted molar refractivity (Wildman–Crippen MR) is 108 cm³/mol. The minimum absolute atomic E-state index is 0.150. The van der Waals surface area contributed by atoms with Crippen molar-refractivity contribution in [1.29, 1.82) is 5.26 Å². The van der Waals surface area contributed by atoms with Gasteiger partial charge < -0.3 is 9.84 Å². The van der Waals surface area contributed by atoms with Crippen LogP contribution in [0.25, 0.3) is 28.0 Å². The van der Waals surface area contributed by atoms with E-state index in [4.69, 9.17) is 4.74 Å². The summed E-state index contributed by atoms with van der Waals surface area (Å²) < 4.78 is 9.34. The lowest BCUT2D eigenvalue weighted by Crippen LogP contribution is -2.50. The van der Waals surface area contributed by atoms with Gasteiger partial charge >= 0.3 is 0 Å². The molecule has 0 aliphatic heterocycles. The number of H-pyrrole nitrogens is 1. The molecule has 0 saturated heterocycles. The molecule has 1 aliphatic carbocycles. The molecule has 4 aromatic rings. The predicted octanol–water partition coefficient (Wildman–Crippen LogP) is 2.50. The zero-order valence-corrected chi connectivity index (χ0v) is 16.5. The molecule has 9 nitrogen and oxygen atoms in total. The number of methoxy groups -OCH3 is 1. The van der Waals surface area contributed by atoms with Gasteiger partial charge in [0.1, 0.15) is 5.65 Å². The van der Waals surface area contributed by atoms with Gasteiger partial charge in [0.2, 0.25) is 0 Å². The molecular weight excluding hydrogens is 382 g/mol. The lowest BCUT2D eigenvalue weighted by atomic mass is 9.72. The van der Waals surface area contributed by atoms with Crippen LogP contribution in [0, 0.1) is 11.3 Å². The second-order valence-electron chi connectivity index (χ2n) is 7.69. The van der Waals surface area contributed by atoms with Gasteiger partial charge in [0.25, 0.3) is 0 Å². The van der Waals surface area contributed by atoms with E-state index in [9.17, 15) is 10.4 Å². The molecule has 0 unspecified atom stereocenters. The number of fused-ring (bicyclic) bond motifs is 1. The van der Waals surface area contributed by atoms with Crippen LogP contribution in [0.2, 0.25) is 0 Å². The number of imidazole rings is 1. The van der Waals surface area contributed by atoms with E-state index in [1.807, 2.05) is 39.8 Å². The van der Waals surface area contributed by atoms with Crippen molar-refractivity contribution in [2.24, 2.45) is 0 Å². The zero-order valence-electron chi connectivity index (χ0n) is 16.5. The molecule has 9 heteroatoms. The van der Waals surface area contributed by atoms with E-state index in [1.165, 1.54) is 0 Å². The van der Waals surface area contributed by atoms with E-state index in [1.54, 1.807) is 19.5 Å². The topological polar surface area (TPSA) is 117 Å². The highest BCUT2D eigenvalue weighted by Gasteiger charge is 2.46. The third-order valence-corrected chi connectivity index (χ3v) is 6.01. The fourth-order valence-corrected chi connectivity index (χ4v) is 4.32. The Labute approximate surface area is 172 Å². The number of nitrogens with zero attached hydrogens (tertiary/aromatic N) is 6. The molecule has 30 heavy (non-hydrogen) atoms. The number of nitrogens with one attached hydrogen (secondary N) is 1. The number of aliphatic hydroxyl groups is 1. The van der Waals surface area contributed by atoms with E-state index >= 15 is 0 Å². The van der Waals surface area contributed by atoms with E-state index in [-0.39, 0.29) is 18.2 Å². The minimum atomic E-state index is -0.325. The van der Waals surface area contributed by atoms with Crippen LogP contribution in [0.4, 0.5) is 0 Å². The Balaban J connectivity index is 1.59. The summed E-state index contributed by atoms with van der Waals surface area (Å²) in [4.78, 5) is 4.45. The molecule has 1 saturated carbocycles. The van der Waals surface area contributed by atoms with Crippen LogP contribution in [0.15, 0.2) is 43.1 Å². The number of nitriles is 1. The molecule has 152 valence electrons. The SMILES string of the molecule is CO[C@H]1C[C@@](CC#N)(n2cc(-c3cc(-c4c[nH]nc4CO)cc4nccn34)cn2)C1. The summed E-state index contributed by atoms with van der Waals surface area (Å²) >= 11 is 0. The first-order chi connectivity index (χ1) is 14.7. The van der Waals surface area contributed by atoms with Crippen LogP contribution in [-0.2, 0) is 16.9 Å². The van der Waals surface area contributed by atoms with Gasteiger partial charge in [-0.25, -0.2) is 4.98 Å². The Kier molecular flexibility index (Phi) is 4.38. The maximum Gasteiger partial charge on any atom is 0.137 e. The third kappa shape index (κ3) is 2.81. The lowest BCUT2D eigenvalue weighted by Gasteiger charge is -2.45. The highest BCUT2D eigenvalue weighted by atomic mass is 16.5. The molecule has 2 N–H and O–H groups in total. The highest BCUT2D eigenvalue weighted by Crippen LogP contribution is 2.44. The van der Waals surface area contributed by atoms with Crippen molar-refractivity contribution in [3.05, 3.63) is 48.8 Å². The van der Waals surface area contributed by atoms with E-state index in [0.717, 1.165) is 40.9 Å². The normalized spacial score (nSPS) is 20.9. The number of ether oxygens (including phenoxy) is 1. The number of aliphatic hydroxyl groups excluding tert-OH is 1. The Bertz CT molecular complexity index is 1240. The van der Waals surface area contributed by atoms with Gasteiger partial charge in [-0.05, 0) is 30.5 Å². The van der Waals surface area contributed by atoms with Crippen LogP contribution >= 0.6 is 0 Å². The maximum atomic E-state index is 9.59. The molecule has 4 heterocycles. The summed E-state index contributed by atoms with van der Waals surface area (Å²) in [5.74, 6) is 0. The van der Waals surface area contributed by atoms with E-state index in [0.29, 0.717) is 12.1 Å². The Morgan fingerprint density at radius 1 is 1.37 bits per heavy atom. The summed E-state index contributed by atoms with van der Waals surface area (Å²) in [7, 11) is 1.70. The van der Waals surface area contributed by atoms with E-state index < -0.39 is 0 Å². The van der Waals surface area contributed by atoms with Crippen LogP contribution in [0.1, 0.15) is 25.0 Å². The molecule has 0 aromatic carbocycles. The lowest BCUT2D eigenvalue weighted by molar-refractivity contribution is -0.0542. The Morgan fingerprint density at radius 3 is 3.00 bits per heavy atom. The smallest absolute Gasteiger partial charge is 0.137 e. The number of hydrogen-bond donors (Lipinski definition) is 2. The highest BCUT2D eigenvalue weighted by molar-refractivity contribution is 5.75. The Hall–Kier alpha value is -3.48. The van der Waals surface area contributed by atoms with Crippen LogP contribution in [0.5, 0.6) is 0 Å². The molecule has 0 atom stereocenters. The average Bonchev–Trinajstić information content (AvgIpc) is 3.49. The van der Waals surface area contributed by atoms with Gasteiger partial charge in [0.05, 0.1) is 48.3 Å². The monoisotopic (exact) mass is 403 g/mol. The second-order valence-corrected chi connectivity index (χ2v) is 7.69. The molecule has 1 aliphatic rings. The summed E-state index contributed by atoms with van der Waals surface area (Å²) in [6, 6.07) is 6.30. The zero-order chi connectivity index (χ0) is 20.7. The van der Waals surface area contributed by atoms with E-state index in [2.05, 4.69) is 26.3 Å². The fraction of sp³-hybridized carbons (Fsp3) is 0.333. The molecule has 0 radical (unpaired) electrons. The van der Waals surface area contributed by atoms with Gasteiger partial charge in [0.15, 0.2) is 0 Å². The van der Waals surface area contributed by atoms with Gasteiger partial charge in [-0.1, -0.05) is 0 Å². The first-order valence-electron chi connectivity index (χ1n) is 9.74. The largest absolute Gasteiger partial charge is 0.390 e. The number of aromatic nitrogens is 6. The average molecular weight is 403 g/mol. The minimum Gasteiger partial charge on any atom is -0.390 e. The molecule has 0 spiro atoms. The molecule has 4 aromatic heterocycles. The van der Waals surface area contributed by atoms with Crippen LogP contribution < -0.4 is 0 Å². The molecular formula is C21H21N7O2. The van der Waals surface area contributed by atoms with Gasteiger partial charge in [-0.3, -0.25) is 14.2 Å². The summed E-state index contributed by atoms with van der Waals surface area (Å²) in [5, 5.41) is 30.5. The summed E-state index contributed by atoms with van der Waals surface area (Å²) in [5.41, 5.74) is 4.63. The third-order valence-electron chi connectivity index (χ3n) is 6.01. The van der Waals surface area contributed by atoms with Crippen molar-refractivity contribution >= 4 is 5.65 Å². The first-order valence-corrected chi connectivity index (χ1v) is 9.74. The molecule has 0 amide bonds. The van der Waals surface area contributed by atoms with Crippen LogP contribution in [0.3, 0.4) is 0 Å². The number of hydrogen-bond acceptors (Lipinski definition) is 6. The van der Waals surface area contributed by atoms with Gasteiger partial charge in [-0.2, -0.15) is 15.5 Å². The van der Waals surface area contributed by atoms with Gasteiger partial charge in [-0.15, -0.1) is 0 Å². The number of rotatable bonds is 6. The molecule has 1 fully saturated rings. The Morgan fingerprint density at radius 2 is 2.23 bits per heavy atom. The van der Waals surface area contributed by atoms with Crippen molar-refractivity contribution in [3.8, 4) is 28.5 Å². The first kappa shape index (κ1) is 18.5. The number of aromatic amines is 1. The quantitative estimate of drug-likeness (QED) is 0.511.